The molecule has 1 heterocycles. The largest absolute Gasteiger partial charge is 0.478 e. The lowest BCUT2D eigenvalue weighted by molar-refractivity contribution is 0.0697. The minimum atomic E-state index is -1.08. The number of hydrogen-bond donors (Lipinski definition) is 5. The van der Waals surface area contributed by atoms with E-state index < -0.39 is 5.97 Å². The second-order valence-corrected chi connectivity index (χ2v) is 4.76. The summed E-state index contributed by atoms with van der Waals surface area (Å²) in [7, 11) is 0. The van der Waals surface area contributed by atoms with Gasteiger partial charge in [-0.15, -0.1) is 0 Å². The molecule has 0 fully saturated rings. The average molecular weight is 327 g/mol. The Hall–Kier alpha value is -3.62. The summed E-state index contributed by atoms with van der Waals surface area (Å²) in [5.41, 5.74) is 18.0. The number of aromatic nitrogens is 1. The van der Waals surface area contributed by atoms with Gasteiger partial charge in [-0.1, -0.05) is 6.07 Å². The van der Waals surface area contributed by atoms with Gasteiger partial charge in [0.2, 0.25) is 5.96 Å². The number of aliphatic imine (C=N–C) groups is 2. The summed E-state index contributed by atoms with van der Waals surface area (Å²) in [5, 5.41) is 12.3. The Kier molecular flexibility index (Phi) is 5.29. The van der Waals surface area contributed by atoms with Crippen LogP contribution in [-0.2, 0) is 6.54 Å². The van der Waals surface area contributed by atoms with Crippen LogP contribution in [0.1, 0.15) is 15.9 Å². The molecule has 2 rings (SSSR count). The first-order valence-electron chi connectivity index (χ1n) is 6.89. The third-order valence-electron chi connectivity index (χ3n) is 2.93. The molecule has 0 amide bonds. The Morgan fingerprint density at radius 2 is 2.04 bits per heavy atom. The number of pyridine rings is 1. The zero-order valence-corrected chi connectivity index (χ0v) is 12.7. The van der Waals surface area contributed by atoms with Crippen LogP contribution in [0, 0.1) is 0 Å². The first kappa shape index (κ1) is 16.7. The molecule has 124 valence electrons. The maximum absolute atomic E-state index is 11.1. The van der Waals surface area contributed by atoms with Crippen LogP contribution < -0.4 is 22.5 Å². The number of guanidine groups is 2. The van der Waals surface area contributed by atoms with E-state index in [0.717, 1.165) is 5.56 Å². The molecule has 0 aliphatic heterocycles. The summed E-state index contributed by atoms with van der Waals surface area (Å²) in [5.74, 6) is -1.50. The zero-order valence-electron chi connectivity index (χ0n) is 12.7. The molecule has 0 unspecified atom stereocenters. The number of aromatic carboxylic acids is 1. The van der Waals surface area contributed by atoms with Crippen molar-refractivity contribution in [3.05, 3.63) is 53.9 Å². The van der Waals surface area contributed by atoms with Crippen molar-refractivity contribution in [3.8, 4) is 0 Å². The van der Waals surface area contributed by atoms with Crippen molar-refractivity contribution in [3.63, 3.8) is 0 Å². The molecule has 1 aromatic heterocycles. The topological polar surface area (TPSA) is 165 Å². The lowest BCUT2D eigenvalue weighted by atomic mass is 10.1. The van der Waals surface area contributed by atoms with Gasteiger partial charge < -0.3 is 27.6 Å². The monoisotopic (exact) mass is 327 g/mol. The molecule has 2 aromatic rings. The summed E-state index contributed by atoms with van der Waals surface area (Å²) >= 11 is 0. The van der Waals surface area contributed by atoms with Gasteiger partial charge in [0.05, 0.1) is 16.9 Å². The molecule has 0 saturated carbocycles. The normalized spacial score (nSPS) is 10.9. The van der Waals surface area contributed by atoms with Crippen LogP contribution in [-0.4, -0.2) is 28.0 Å². The van der Waals surface area contributed by atoms with E-state index in [1.807, 2.05) is 12.1 Å². The molecule has 0 saturated heterocycles. The lowest BCUT2D eigenvalue weighted by Gasteiger charge is -2.10. The van der Waals surface area contributed by atoms with Crippen molar-refractivity contribution in [2.24, 2.45) is 27.2 Å². The lowest BCUT2D eigenvalue weighted by Crippen LogP contribution is -2.26. The standard InChI is InChI=1S/C15H17N7O2/c16-14(17)22-15(18)21-12-6-10(13(23)24)3-4-11(12)20-8-9-2-1-5-19-7-9/h1-7,20H,8H2,(H,23,24)(H6,16,17,18,21,22). The number of rotatable bonds is 5. The van der Waals surface area contributed by atoms with E-state index in [-0.39, 0.29) is 17.5 Å². The van der Waals surface area contributed by atoms with Crippen molar-refractivity contribution in [1.82, 2.24) is 4.98 Å². The van der Waals surface area contributed by atoms with E-state index >= 15 is 0 Å². The van der Waals surface area contributed by atoms with Crippen molar-refractivity contribution in [1.29, 1.82) is 0 Å². The number of carboxylic acids is 1. The molecule has 0 radical (unpaired) electrons. The second-order valence-electron chi connectivity index (χ2n) is 4.76. The first-order chi connectivity index (χ1) is 11.5. The minimum absolute atomic E-state index is 0.0678. The van der Waals surface area contributed by atoms with Gasteiger partial charge in [0.15, 0.2) is 5.96 Å². The number of nitrogens with two attached hydrogens (primary N) is 3. The van der Waals surface area contributed by atoms with E-state index in [4.69, 9.17) is 22.3 Å². The molecule has 0 aliphatic rings. The van der Waals surface area contributed by atoms with Crippen LogP contribution in [0.25, 0.3) is 0 Å². The van der Waals surface area contributed by atoms with Crippen LogP contribution in [0.3, 0.4) is 0 Å². The van der Waals surface area contributed by atoms with Gasteiger partial charge in [0.1, 0.15) is 0 Å². The van der Waals surface area contributed by atoms with Gasteiger partial charge in [-0.3, -0.25) is 4.98 Å². The van der Waals surface area contributed by atoms with Crippen molar-refractivity contribution < 1.29 is 9.90 Å². The number of benzene rings is 1. The summed E-state index contributed by atoms with van der Waals surface area (Å²) in [6.45, 7) is 0.477. The van der Waals surface area contributed by atoms with Crippen LogP contribution >= 0.6 is 0 Å². The molecular formula is C15H17N7O2. The molecule has 0 bridgehead atoms. The predicted molar refractivity (Wildman–Crippen MR) is 92.1 cm³/mol. The Labute approximate surface area is 137 Å². The van der Waals surface area contributed by atoms with Crippen molar-refractivity contribution in [2.45, 2.75) is 6.54 Å². The van der Waals surface area contributed by atoms with Gasteiger partial charge in [-0.25, -0.2) is 9.79 Å². The SMILES string of the molecule is NC(N)=NC(N)=Nc1cc(C(=O)O)ccc1NCc1cccnc1. The van der Waals surface area contributed by atoms with E-state index in [2.05, 4.69) is 20.3 Å². The Bertz CT molecular complexity index is 784. The van der Waals surface area contributed by atoms with Gasteiger partial charge in [-0.05, 0) is 29.8 Å². The number of nitrogens with one attached hydrogen (secondary N) is 1. The third kappa shape index (κ3) is 4.70. The number of nitrogens with zero attached hydrogens (tertiary/aromatic N) is 3. The number of hydrogen-bond acceptors (Lipinski definition) is 4. The van der Waals surface area contributed by atoms with Gasteiger partial charge in [0, 0.05) is 18.9 Å². The highest BCUT2D eigenvalue weighted by Gasteiger charge is 2.09. The quantitative estimate of drug-likeness (QED) is 0.396. The molecule has 8 N–H and O–H groups in total. The van der Waals surface area contributed by atoms with Crippen LogP contribution in [0.4, 0.5) is 11.4 Å². The van der Waals surface area contributed by atoms with Crippen LogP contribution in [0.5, 0.6) is 0 Å². The molecule has 0 spiro atoms. The fourth-order valence-corrected chi connectivity index (χ4v) is 1.89. The molecule has 9 nitrogen and oxygen atoms in total. The van der Waals surface area contributed by atoms with Crippen LogP contribution in [0.15, 0.2) is 52.7 Å². The highest BCUT2D eigenvalue weighted by Crippen LogP contribution is 2.27. The Balaban J connectivity index is 2.32. The second kappa shape index (κ2) is 7.58. The summed E-state index contributed by atoms with van der Waals surface area (Å²) in [6, 6.07) is 8.16. The smallest absolute Gasteiger partial charge is 0.335 e. The Morgan fingerprint density at radius 1 is 1.25 bits per heavy atom. The molecule has 9 heteroatoms. The van der Waals surface area contributed by atoms with Crippen molar-refractivity contribution >= 4 is 29.3 Å². The number of carboxylic acid groups (broad SMARTS) is 1. The van der Waals surface area contributed by atoms with Gasteiger partial charge >= 0.3 is 5.97 Å². The molecular weight excluding hydrogens is 310 g/mol. The van der Waals surface area contributed by atoms with E-state index in [0.29, 0.717) is 17.9 Å². The van der Waals surface area contributed by atoms with Crippen molar-refractivity contribution in [2.75, 3.05) is 5.32 Å². The molecule has 1 aromatic carbocycles. The van der Waals surface area contributed by atoms with E-state index in [1.54, 1.807) is 18.5 Å². The molecule has 0 atom stereocenters. The van der Waals surface area contributed by atoms with E-state index in [1.165, 1.54) is 12.1 Å². The number of carbonyl (C=O) groups is 1. The summed E-state index contributed by atoms with van der Waals surface area (Å²) in [4.78, 5) is 22.8. The maximum Gasteiger partial charge on any atom is 0.335 e. The third-order valence-corrected chi connectivity index (χ3v) is 2.93. The number of anilines is 1. The average Bonchev–Trinajstić information content (AvgIpc) is 2.53. The molecule has 0 aliphatic carbocycles. The predicted octanol–water partition coefficient (Wildman–Crippen LogP) is 0.612. The van der Waals surface area contributed by atoms with E-state index in [9.17, 15) is 4.79 Å². The summed E-state index contributed by atoms with van der Waals surface area (Å²) in [6.07, 6.45) is 3.39. The maximum atomic E-state index is 11.1. The van der Waals surface area contributed by atoms with Crippen LogP contribution in [0.2, 0.25) is 0 Å². The summed E-state index contributed by atoms with van der Waals surface area (Å²) < 4.78 is 0. The van der Waals surface area contributed by atoms with Gasteiger partial charge in [0.25, 0.3) is 0 Å². The molecule has 24 heavy (non-hydrogen) atoms. The Morgan fingerprint density at radius 3 is 2.67 bits per heavy atom. The zero-order chi connectivity index (χ0) is 17.5. The fraction of sp³-hybridized carbons (Fsp3) is 0.0667. The minimum Gasteiger partial charge on any atom is -0.478 e. The van der Waals surface area contributed by atoms with Gasteiger partial charge in [-0.2, -0.15) is 4.99 Å². The highest BCUT2D eigenvalue weighted by atomic mass is 16.4. The fourth-order valence-electron chi connectivity index (χ4n) is 1.89. The highest BCUT2D eigenvalue weighted by molar-refractivity contribution is 5.95. The first-order valence-corrected chi connectivity index (χ1v) is 6.89.